The second kappa shape index (κ2) is 8.56. The van der Waals surface area contributed by atoms with Gasteiger partial charge in [0.1, 0.15) is 0 Å². The van der Waals surface area contributed by atoms with Gasteiger partial charge in [0.25, 0.3) is 0 Å². The summed E-state index contributed by atoms with van der Waals surface area (Å²) in [5.41, 5.74) is 2.11. The van der Waals surface area contributed by atoms with E-state index in [0.29, 0.717) is 18.0 Å². The second-order valence-corrected chi connectivity index (χ2v) is 6.40. The van der Waals surface area contributed by atoms with Gasteiger partial charge in [-0.15, -0.1) is 0 Å². The number of nitrogens with one attached hydrogen (secondary N) is 1. The zero-order valence-corrected chi connectivity index (χ0v) is 15.3. The molecule has 3 rings (SSSR count). The van der Waals surface area contributed by atoms with Crippen LogP contribution in [0.25, 0.3) is 0 Å². The Balaban J connectivity index is 1.58. The van der Waals surface area contributed by atoms with E-state index in [9.17, 15) is 4.79 Å². The van der Waals surface area contributed by atoms with Gasteiger partial charge in [0.15, 0.2) is 11.5 Å². The lowest BCUT2D eigenvalue weighted by Crippen LogP contribution is -2.43. The van der Waals surface area contributed by atoms with Crippen LogP contribution in [0.1, 0.15) is 18.4 Å². The number of aromatic nitrogens is 1. The smallest absolute Gasteiger partial charge is 0.225 e. The molecule has 6 nitrogen and oxygen atoms in total. The number of carbonyl (C=O) groups is 1. The molecule has 1 aromatic heterocycles. The number of hydrogen-bond donors (Lipinski definition) is 1. The summed E-state index contributed by atoms with van der Waals surface area (Å²) in [6.07, 6.45) is 5.50. The van der Waals surface area contributed by atoms with Crippen LogP contribution in [0.4, 0.5) is 5.69 Å². The normalized spacial score (nSPS) is 16.8. The molecule has 0 aliphatic carbocycles. The minimum Gasteiger partial charge on any atom is -0.493 e. The molecule has 1 unspecified atom stereocenters. The summed E-state index contributed by atoms with van der Waals surface area (Å²) in [6.45, 7) is 2.19. The van der Waals surface area contributed by atoms with E-state index in [1.54, 1.807) is 26.6 Å². The van der Waals surface area contributed by atoms with E-state index in [4.69, 9.17) is 9.47 Å². The van der Waals surface area contributed by atoms with E-state index in [1.807, 2.05) is 30.3 Å². The van der Waals surface area contributed by atoms with Crippen molar-refractivity contribution in [2.45, 2.75) is 19.4 Å². The summed E-state index contributed by atoms with van der Waals surface area (Å²) in [7, 11) is 3.22. The molecule has 0 bridgehead atoms. The Hall–Kier alpha value is -2.76. The molecule has 1 fully saturated rings. The predicted molar refractivity (Wildman–Crippen MR) is 101 cm³/mol. The fourth-order valence-corrected chi connectivity index (χ4v) is 3.30. The van der Waals surface area contributed by atoms with Crippen LogP contribution < -0.4 is 19.7 Å². The van der Waals surface area contributed by atoms with Crippen molar-refractivity contribution < 1.29 is 14.3 Å². The molecule has 1 atom stereocenters. The maximum absolute atomic E-state index is 12.6. The van der Waals surface area contributed by atoms with Crippen molar-refractivity contribution >= 4 is 11.6 Å². The molecule has 1 aliphatic heterocycles. The Morgan fingerprint density at radius 3 is 2.69 bits per heavy atom. The monoisotopic (exact) mass is 355 g/mol. The third-order valence-electron chi connectivity index (χ3n) is 4.73. The van der Waals surface area contributed by atoms with Gasteiger partial charge in [-0.05, 0) is 42.7 Å². The van der Waals surface area contributed by atoms with Crippen LogP contribution in [0.3, 0.4) is 0 Å². The first-order valence-corrected chi connectivity index (χ1v) is 8.85. The van der Waals surface area contributed by atoms with Gasteiger partial charge in [-0.1, -0.05) is 6.07 Å². The number of carbonyl (C=O) groups excluding carboxylic acids is 1. The SMILES string of the molecule is COc1ccc(CNC(=O)C2CCCN(c3ccncc3)C2)cc1OC. The highest BCUT2D eigenvalue weighted by Gasteiger charge is 2.25. The number of hydrogen-bond acceptors (Lipinski definition) is 5. The lowest BCUT2D eigenvalue weighted by atomic mass is 9.96. The summed E-state index contributed by atoms with van der Waals surface area (Å²) in [5, 5.41) is 3.06. The van der Waals surface area contributed by atoms with Gasteiger partial charge in [0, 0.05) is 37.7 Å². The molecule has 1 saturated heterocycles. The van der Waals surface area contributed by atoms with E-state index < -0.39 is 0 Å². The molecule has 2 aromatic rings. The second-order valence-electron chi connectivity index (χ2n) is 6.40. The van der Waals surface area contributed by atoms with Crippen molar-refractivity contribution in [3.8, 4) is 11.5 Å². The Labute approximate surface area is 154 Å². The molecule has 0 spiro atoms. The van der Waals surface area contributed by atoms with Crippen LogP contribution >= 0.6 is 0 Å². The summed E-state index contributed by atoms with van der Waals surface area (Å²) in [4.78, 5) is 18.9. The topological polar surface area (TPSA) is 63.7 Å². The molecule has 1 amide bonds. The van der Waals surface area contributed by atoms with Crippen LogP contribution in [-0.4, -0.2) is 38.2 Å². The van der Waals surface area contributed by atoms with Crippen molar-refractivity contribution in [2.75, 3.05) is 32.2 Å². The fraction of sp³-hybridized carbons (Fsp3) is 0.400. The zero-order valence-electron chi connectivity index (χ0n) is 15.3. The number of amides is 1. The van der Waals surface area contributed by atoms with Crippen LogP contribution in [0.2, 0.25) is 0 Å². The van der Waals surface area contributed by atoms with E-state index in [1.165, 1.54) is 0 Å². The van der Waals surface area contributed by atoms with Crippen LogP contribution in [0.5, 0.6) is 11.5 Å². The Morgan fingerprint density at radius 2 is 1.96 bits per heavy atom. The Kier molecular flexibility index (Phi) is 5.94. The highest BCUT2D eigenvalue weighted by Crippen LogP contribution is 2.27. The summed E-state index contributed by atoms with van der Waals surface area (Å²) < 4.78 is 10.6. The van der Waals surface area contributed by atoms with Gasteiger partial charge in [0.2, 0.25) is 5.91 Å². The maximum Gasteiger partial charge on any atom is 0.225 e. The molecule has 0 radical (unpaired) electrons. The highest BCUT2D eigenvalue weighted by molar-refractivity contribution is 5.79. The first kappa shape index (κ1) is 18.0. The molecular weight excluding hydrogens is 330 g/mol. The van der Waals surface area contributed by atoms with Gasteiger partial charge in [-0.2, -0.15) is 0 Å². The quantitative estimate of drug-likeness (QED) is 0.863. The van der Waals surface area contributed by atoms with E-state index in [-0.39, 0.29) is 11.8 Å². The number of nitrogens with zero attached hydrogens (tertiary/aromatic N) is 2. The van der Waals surface area contributed by atoms with E-state index >= 15 is 0 Å². The van der Waals surface area contributed by atoms with Crippen LogP contribution in [0.15, 0.2) is 42.7 Å². The van der Waals surface area contributed by atoms with Crippen molar-refractivity contribution in [1.29, 1.82) is 0 Å². The predicted octanol–water partition coefficient (Wildman–Crippen LogP) is 2.63. The van der Waals surface area contributed by atoms with Crippen LogP contribution in [0, 0.1) is 5.92 Å². The third-order valence-corrected chi connectivity index (χ3v) is 4.73. The highest BCUT2D eigenvalue weighted by atomic mass is 16.5. The van der Waals surface area contributed by atoms with Gasteiger partial charge >= 0.3 is 0 Å². The number of benzene rings is 1. The molecule has 138 valence electrons. The molecule has 26 heavy (non-hydrogen) atoms. The number of methoxy groups -OCH3 is 2. The van der Waals surface area contributed by atoms with Gasteiger partial charge < -0.3 is 19.7 Å². The first-order valence-electron chi connectivity index (χ1n) is 8.85. The average molecular weight is 355 g/mol. The minimum absolute atomic E-state index is 0.00272. The third kappa shape index (κ3) is 4.25. The van der Waals surface area contributed by atoms with Crippen molar-refractivity contribution in [1.82, 2.24) is 10.3 Å². The summed E-state index contributed by atoms with van der Waals surface area (Å²) in [5.74, 6) is 1.44. The molecule has 1 aromatic carbocycles. The van der Waals surface area contributed by atoms with Crippen molar-refractivity contribution in [3.05, 3.63) is 48.3 Å². The molecular formula is C20H25N3O3. The molecule has 0 saturated carbocycles. The zero-order chi connectivity index (χ0) is 18.4. The number of rotatable bonds is 6. The van der Waals surface area contributed by atoms with Gasteiger partial charge in [0.05, 0.1) is 20.1 Å². The summed E-state index contributed by atoms with van der Waals surface area (Å²) in [6, 6.07) is 9.66. The van der Waals surface area contributed by atoms with Crippen LogP contribution in [-0.2, 0) is 11.3 Å². The fourth-order valence-electron chi connectivity index (χ4n) is 3.30. The van der Waals surface area contributed by atoms with Gasteiger partial charge in [-0.25, -0.2) is 0 Å². The lowest BCUT2D eigenvalue weighted by Gasteiger charge is -2.33. The Bertz CT molecular complexity index is 736. The summed E-state index contributed by atoms with van der Waals surface area (Å²) >= 11 is 0. The lowest BCUT2D eigenvalue weighted by molar-refractivity contribution is -0.125. The number of anilines is 1. The number of pyridine rings is 1. The largest absolute Gasteiger partial charge is 0.493 e. The van der Waals surface area contributed by atoms with Gasteiger partial charge in [-0.3, -0.25) is 9.78 Å². The van der Waals surface area contributed by atoms with Crippen molar-refractivity contribution in [2.24, 2.45) is 5.92 Å². The minimum atomic E-state index is -0.00272. The standard InChI is InChI=1S/C20H25N3O3/c1-25-18-6-5-15(12-19(18)26-2)13-22-20(24)16-4-3-11-23(14-16)17-7-9-21-10-8-17/h5-10,12,16H,3-4,11,13-14H2,1-2H3,(H,22,24). The first-order chi connectivity index (χ1) is 12.7. The molecule has 1 aliphatic rings. The molecule has 2 heterocycles. The number of ether oxygens (including phenoxy) is 2. The number of piperidine rings is 1. The molecule has 6 heteroatoms. The molecule has 1 N–H and O–H groups in total. The van der Waals surface area contributed by atoms with E-state index in [2.05, 4.69) is 15.2 Å². The van der Waals surface area contributed by atoms with E-state index in [0.717, 1.165) is 37.2 Å². The Morgan fingerprint density at radius 1 is 1.19 bits per heavy atom. The average Bonchev–Trinajstić information content (AvgIpc) is 2.72. The van der Waals surface area contributed by atoms with Crippen molar-refractivity contribution in [3.63, 3.8) is 0 Å². The maximum atomic E-state index is 12.6.